The average molecular weight is 343 g/mol. The summed E-state index contributed by atoms with van der Waals surface area (Å²) in [4.78, 5) is 23.9. The first kappa shape index (κ1) is 21.4. The van der Waals surface area contributed by atoms with Gasteiger partial charge in [-0.1, -0.05) is 24.3 Å². The van der Waals surface area contributed by atoms with Crippen molar-refractivity contribution in [1.82, 2.24) is 10.6 Å². The molecule has 1 unspecified atom stereocenters. The van der Waals surface area contributed by atoms with Crippen LogP contribution in [-0.4, -0.2) is 32.1 Å². The lowest BCUT2D eigenvalue weighted by molar-refractivity contribution is -0.143. The van der Waals surface area contributed by atoms with Crippen LogP contribution in [0.3, 0.4) is 0 Å². The maximum atomic E-state index is 12.1. The second-order valence-corrected chi connectivity index (χ2v) is 5.19. The number of carbonyl (C=O) groups excluding carboxylic acids is 2. The van der Waals surface area contributed by atoms with E-state index in [-0.39, 0.29) is 36.7 Å². The van der Waals surface area contributed by atoms with Gasteiger partial charge in [0.15, 0.2) is 0 Å². The SMILES string of the molecule is CCOC(=O)CC(NC(=O)CCCNC)c1ccccc1C.Cl. The molecule has 0 aliphatic rings. The van der Waals surface area contributed by atoms with Crippen LogP contribution in [0.5, 0.6) is 0 Å². The van der Waals surface area contributed by atoms with Gasteiger partial charge in [0.1, 0.15) is 0 Å². The minimum absolute atomic E-state index is 0. The summed E-state index contributed by atoms with van der Waals surface area (Å²) in [6, 6.07) is 7.42. The van der Waals surface area contributed by atoms with Crippen molar-refractivity contribution in [2.45, 2.75) is 39.2 Å². The van der Waals surface area contributed by atoms with E-state index in [2.05, 4.69) is 10.6 Å². The molecule has 1 atom stereocenters. The molecular formula is C17H27ClN2O3. The van der Waals surface area contributed by atoms with Gasteiger partial charge >= 0.3 is 5.97 Å². The van der Waals surface area contributed by atoms with E-state index in [1.165, 1.54) is 0 Å². The summed E-state index contributed by atoms with van der Waals surface area (Å²) in [5, 5.41) is 5.97. The minimum Gasteiger partial charge on any atom is -0.466 e. The number of hydrogen-bond acceptors (Lipinski definition) is 4. The van der Waals surface area contributed by atoms with Gasteiger partial charge in [-0.25, -0.2) is 0 Å². The summed E-state index contributed by atoms with van der Waals surface area (Å²) < 4.78 is 5.01. The Bertz CT molecular complexity index is 494. The standard InChI is InChI=1S/C17H26N2O3.ClH/c1-4-22-17(21)12-15(14-9-6-5-8-13(14)2)19-16(20)10-7-11-18-3;/h5-6,8-9,15,18H,4,7,10-12H2,1-3H3,(H,19,20);1H. The summed E-state index contributed by atoms with van der Waals surface area (Å²) in [7, 11) is 1.86. The fraction of sp³-hybridized carbons (Fsp3) is 0.529. The van der Waals surface area contributed by atoms with Crippen molar-refractivity contribution in [3.8, 4) is 0 Å². The highest BCUT2D eigenvalue weighted by atomic mass is 35.5. The van der Waals surface area contributed by atoms with E-state index in [0.29, 0.717) is 13.0 Å². The Morgan fingerprint density at radius 2 is 1.96 bits per heavy atom. The highest BCUT2D eigenvalue weighted by Crippen LogP contribution is 2.21. The quantitative estimate of drug-likeness (QED) is 0.534. The third-order valence-corrected chi connectivity index (χ3v) is 3.41. The lowest BCUT2D eigenvalue weighted by atomic mass is 9.98. The van der Waals surface area contributed by atoms with Crippen molar-refractivity contribution >= 4 is 24.3 Å². The van der Waals surface area contributed by atoms with Crippen molar-refractivity contribution < 1.29 is 14.3 Å². The molecule has 1 aromatic carbocycles. The number of benzene rings is 1. The molecule has 1 rings (SSSR count). The molecule has 0 saturated carbocycles. The number of halogens is 1. The van der Waals surface area contributed by atoms with Gasteiger partial charge in [-0.05, 0) is 45.0 Å². The Balaban J connectivity index is 0.00000484. The van der Waals surface area contributed by atoms with E-state index in [1.807, 2.05) is 38.2 Å². The number of rotatable bonds is 9. The maximum Gasteiger partial charge on any atom is 0.308 e. The fourth-order valence-electron chi connectivity index (χ4n) is 2.30. The number of nitrogens with one attached hydrogen (secondary N) is 2. The first-order valence-corrected chi connectivity index (χ1v) is 7.73. The summed E-state index contributed by atoms with van der Waals surface area (Å²) in [6.45, 7) is 4.88. The molecule has 2 N–H and O–H groups in total. The van der Waals surface area contributed by atoms with Gasteiger partial charge < -0.3 is 15.4 Å². The predicted molar refractivity (Wildman–Crippen MR) is 93.7 cm³/mol. The van der Waals surface area contributed by atoms with Gasteiger partial charge in [-0.2, -0.15) is 0 Å². The number of aryl methyl sites for hydroxylation is 1. The minimum atomic E-state index is -0.345. The van der Waals surface area contributed by atoms with Crippen LogP contribution in [-0.2, 0) is 14.3 Å². The fourth-order valence-corrected chi connectivity index (χ4v) is 2.30. The van der Waals surface area contributed by atoms with Crippen LogP contribution < -0.4 is 10.6 Å². The molecule has 0 saturated heterocycles. The molecule has 0 aliphatic carbocycles. The Morgan fingerprint density at radius 3 is 2.57 bits per heavy atom. The largest absolute Gasteiger partial charge is 0.466 e. The highest BCUT2D eigenvalue weighted by molar-refractivity contribution is 5.85. The third-order valence-electron chi connectivity index (χ3n) is 3.41. The van der Waals surface area contributed by atoms with Crippen LogP contribution in [0.2, 0.25) is 0 Å². The first-order valence-electron chi connectivity index (χ1n) is 7.73. The van der Waals surface area contributed by atoms with E-state index >= 15 is 0 Å². The first-order chi connectivity index (χ1) is 10.6. The predicted octanol–water partition coefficient (Wildman–Crippen LogP) is 2.53. The number of esters is 1. The molecule has 0 heterocycles. The summed E-state index contributed by atoms with van der Waals surface area (Å²) in [5.41, 5.74) is 2.00. The van der Waals surface area contributed by atoms with Crippen LogP contribution in [0, 0.1) is 6.92 Å². The van der Waals surface area contributed by atoms with Crippen molar-refractivity contribution in [1.29, 1.82) is 0 Å². The Morgan fingerprint density at radius 1 is 1.26 bits per heavy atom. The van der Waals surface area contributed by atoms with Crippen molar-refractivity contribution in [2.24, 2.45) is 0 Å². The molecule has 130 valence electrons. The van der Waals surface area contributed by atoms with E-state index in [0.717, 1.165) is 24.1 Å². The van der Waals surface area contributed by atoms with E-state index in [1.54, 1.807) is 6.92 Å². The highest BCUT2D eigenvalue weighted by Gasteiger charge is 2.20. The molecule has 0 aromatic heterocycles. The second kappa shape index (κ2) is 11.9. The zero-order chi connectivity index (χ0) is 16.4. The number of ether oxygens (including phenoxy) is 1. The molecule has 0 bridgehead atoms. The molecule has 0 fully saturated rings. The molecular weight excluding hydrogens is 316 g/mol. The van der Waals surface area contributed by atoms with Gasteiger partial charge in [0.2, 0.25) is 5.91 Å². The van der Waals surface area contributed by atoms with E-state index < -0.39 is 0 Å². The monoisotopic (exact) mass is 342 g/mol. The molecule has 5 nitrogen and oxygen atoms in total. The normalized spacial score (nSPS) is 11.3. The molecule has 0 aliphatic heterocycles. The smallest absolute Gasteiger partial charge is 0.308 e. The van der Waals surface area contributed by atoms with Gasteiger partial charge in [-0.15, -0.1) is 12.4 Å². The van der Waals surface area contributed by atoms with Crippen molar-refractivity contribution in [2.75, 3.05) is 20.2 Å². The molecule has 1 amide bonds. The number of carbonyl (C=O) groups is 2. The van der Waals surface area contributed by atoms with E-state index in [9.17, 15) is 9.59 Å². The van der Waals surface area contributed by atoms with Crippen LogP contribution in [0.15, 0.2) is 24.3 Å². The van der Waals surface area contributed by atoms with Crippen molar-refractivity contribution in [3.05, 3.63) is 35.4 Å². The van der Waals surface area contributed by atoms with Crippen LogP contribution >= 0.6 is 12.4 Å². The van der Waals surface area contributed by atoms with Crippen LogP contribution in [0.1, 0.15) is 43.4 Å². The van der Waals surface area contributed by atoms with Gasteiger partial charge in [0.05, 0.1) is 19.1 Å². The molecule has 0 spiro atoms. The zero-order valence-corrected chi connectivity index (χ0v) is 14.9. The Kier molecular flexibility index (Phi) is 11.1. The number of amides is 1. The molecule has 1 aromatic rings. The van der Waals surface area contributed by atoms with Crippen molar-refractivity contribution in [3.63, 3.8) is 0 Å². The summed E-state index contributed by atoms with van der Waals surface area (Å²) in [5.74, 6) is -0.348. The second-order valence-electron chi connectivity index (χ2n) is 5.19. The van der Waals surface area contributed by atoms with E-state index in [4.69, 9.17) is 4.74 Å². The Labute approximate surface area is 144 Å². The molecule has 6 heteroatoms. The molecule has 0 radical (unpaired) electrons. The lowest BCUT2D eigenvalue weighted by Crippen LogP contribution is -2.31. The lowest BCUT2D eigenvalue weighted by Gasteiger charge is -2.20. The molecule has 23 heavy (non-hydrogen) atoms. The third kappa shape index (κ3) is 8.00. The number of hydrogen-bond donors (Lipinski definition) is 2. The van der Waals surface area contributed by atoms with Gasteiger partial charge in [0, 0.05) is 6.42 Å². The summed E-state index contributed by atoms with van der Waals surface area (Å²) in [6.07, 6.45) is 1.35. The zero-order valence-electron chi connectivity index (χ0n) is 14.1. The average Bonchev–Trinajstić information content (AvgIpc) is 2.47. The van der Waals surface area contributed by atoms with Gasteiger partial charge in [-0.3, -0.25) is 9.59 Å². The maximum absolute atomic E-state index is 12.1. The van der Waals surface area contributed by atoms with Crippen LogP contribution in [0.4, 0.5) is 0 Å². The topological polar surface area (TPSA) is 67.4 Å². The van der Waals surface area contributed by atoms with Crippen LogP contribution in [0.25, 0.3) is 0 Å². The van der Waals surface area contributed by atoms with Gasteiger partial charge in [0.25, 0.3) is 0 Å². The summed E-state index contributed by atoms with van der Waals surface area (Å²) >= 11 is 0. The Hall–Kier alpha value is -1.59.